The number of rotatable bonds is 19. The highest BCUT2D eigenvalue weighted by Crippen LogP contribution is 2.57. The predicted molar refractivity (Wildman–Crippen MR) is 225 cm³/mol. The van der Waals surface area contributed by atoms with Crippen LogP contribution in [0.1, 0.15) is 99.3 Å². The number of aldehydes is 1. The molecule has 2 aromatic rings. The third kappa shape index (κ3) is 9.07. The number of piperidine rings is 1. The highest BCUT2D eigenvalue weighted by molar-refractivity contribution is 6.11. The first-order chi connectivity index (χ1) is 29.7. The summed E-state index contributed by atoms with van der Waals surface area (Å²) in [5, 5.41) is 45.6. The van der Waals surface area contributed by atoms with Gasteiger partial charge in [-0.1, -0.05) is 17.7 Å². The molecule has 0 unspecified atom stereocenters. The van der Waals surface area contributed by atoms with Gasteiger partial charge in [-0.25, -0.2) is 4.79 Å². The maximum absolute atomic E-state index is 13.7. The number of benzene rings is 2. The first-order valence-corrected chi connectivity index (χ1v) is 21.9. The molecule has 0 radical (unpaired) electrons. The van der Waals surface area contributed by atoms with Crippen LogP contribution in [0.25, 0.3) is 11.6 Å². The quantitative estimate of drug-likeness (QED) is 0.0918. The fourth-order valence-electron chi connectivity index (χ4n) is 9.90. The highest BCUT2D eigenvalue weighted by atomic mass is 16.6. The molecule has 2 aromatic carbocycles. The average molecular weight is 845 g/mol. The van der Waals surface area contributed by atoms with Crippen molar-refractivity contribution in [3.8, 4) is 17.2 Å². The second-order valence-corrected chi connectivity index (χ2v) is 16.6. The molecule has 1 saturated heterocycles. The molecule has 4 aliphatic heterocycles. The lowest BCUT2D eigenvalue weighted by Gasteiger charge is -2.44. The maximum Gasteiger partial charge on any atom is 0.375 e. The number of unbranched alkanes of at least 4 members (excludes halogenated alkanes) is 1. The van der Waals surface area contributed by atoms with Gasteiger partial charge in [0.25, 0.3) is 0 Å². The van der Waals surface area contributed by atoms with Crippen molar-refractivity contribution in [1.29, 1.82) is 0 Å². The van der Waals surface area contributed by atoms with E-state index in [4.69, 9.17) is 23.7 Å². The summed E-state index contributed by atoms with van der Waals surface area (Å²) in [5.41, 5.74) is 1.68. The van der Waals surface area contributed by atoms with Crippen molar-refractivity contribution >= 4 is 29.7 Å². The number of carbonyl (C=O) groups excluding carboxylic acids is 3. The van der Waals surface area contributed by atoms with E-state index in [-0.39, 0.29) is 92.2 Å². The molecule has 7 rings (SSSR count). The predicted octanol–water partition coefficient (Wildman–Crippen LogP) is 3.00. The lowest BCUT2D eigenvalue weighted by atomic mass is 9.72. The van der Waals surface area contributed by atoms with Crippen molar-refractivity contribution in [2.45, 2.75) is 102 Å². The summed E-state index contributed by atoms with van der Waals surface area (Å²) in [5.74, 6) is -1.21. The molecule has 5 aliphatic rings. The van der Waals surface area contributed by atoms with Crippen LogP contribution in [0.5, 0.6) is 17.2 Å². The number of hydrogen-bond acceptors (Lipinski definition) is 14. The Labute approximate surface area is 356 Å². The first kappa shape index (κ1) is 44.6. The topological polar surface area (TPSA) is 194 Å². The number of likely N-dealkylation sites (tertiary alicyclic amines) is 1. The van der Waals surface area contributed by atoms with Gasteiger partial charge in [-0.15, -0.1) is 0 Å². The van der Waals surface area contributed by atoms with Gasteiger partial charge in [0.1, 0.15) is 34.7 Å². The van der Waals surface area contributed by atoms with Crippen molar-refractivity contribution < 1.29 is 58.5 Å². The van der Waals surface area contributed by atoms with Crippen LogP contribution in [0.15, 0.2) is 40.1 Å². The van der Waals surface area contributed by atoms with Gasteiger partial charge in [0.2, 0.25) is 5.76 Å². The Kier molecular flexibility index (Phi) is 14.7. The van der Waals surface area contributed by atoms with Crippen LogP contribution in [-0.4, -0.2) is 121 Å². The highest BCUT2D eigenvalue weighted by Gasteiger charge is 2.51. The van der Waals surface area contributed by atoms with Crippen LogP contribution in [0.2, 0.25) is 0 Å². The molecule has 0 aromatic heterocycles. The van der Waals surface area contributed by atoms with Gasteiger partial charge < -0.3 is 49.0 Å². The minimum Gasteiger partial charge on any atom is -0.492 e. The van der Waals surface area contributed by atoms with E-state index in [1.807, 2.05) is 24.3 Å². The zero-order chi connectivity index (χ0) is 43.1. The Morgan fingerprint density at radius 2 is 1.84 bits per heavy atom. The van der Waals surface area contributed by atoms with Crippen LogP contribution in [0.3, 0.4) is 0 Å². The first-order valence-electron chi connectivity index (χ1n) is 21.9. The normalized spacial score (nSPS) is 22.3. The average Bonchev–Trinajstić information content (AvgIpc) is 3.94. The number of Topliss-reactive ketones (excluding diaryl/α,β-unsaturated/α-hetero) is 1. The Hall–Kier alpha value is -4.44. The fraction of sp³-hybridized carbons (Fsp3) is 0.574. The molecule has 0 amide bonds. The summed E-state index contributed by atoms with van der Waals surface area (Å²) in [7, 11) is 1.70. The van der Waals surface area contributed by atoms with Crippen molar-refractivity contribution in [3.05, 3.63) is 67.9 Å². The van der Waals surface area contributed by atoms with Gasteiger partial charge in [0.05, 0.1) is 48.4 Å². The number of aliphatic hydroxyl groups excluding tert-OH is 3. The molecule has 0 bridgehead atoms. The van der Waals surface area contributed by atoms with E-state index < -0.39 is 30.2 Å². The van der Waals surface area contributed by atoms with Crippen LogP contribution in [-0.2, 0) is 36.9 Å². The van der Waals surface area contributed by atoms with Gasteiger partial charge in [-0.3, -0.25) is 14.6 Å². The fourth-order valence-corrected chi connectivity index (χ4v) is 9.90. The largest absolute Gasteiger partial charge is 0.492 e. The number of allylic oxidation sites excluding steroid dienone is 3. The van der Waals surface area contributed by atoms with E-state index >= 15 is 0 Å². The van der Waals surface area contributed by atoms with E-state index in [1.54, 1.807) is 14.0 Å². The summed E-state index contributed by atoms with van der Waals surface area (Å²) in [6.45, 7) is 4.72. The maximum atomic E-state index is 13.7. The molecule has 1 saturated carbocycles. The van der Waals surface area contributed by atoms with Gasteiger partial charge in [-0.05, 0) is 100 Å². The van der Waals surface area contributed by atoms with Gasteiger partial charge >= 0.3 is 5.97 Å². The molecule has 14 nitrogen and oxygen atoms in total. The SMILES string of the molecule is CCOC(=O)C1=C(C=O)/C(=C2\CCC(=O)[C@@H](c3ccc4c(c3)=CCN=4)C2)c2c(OCCCO)c3c(c(CO)c2O1)O[C@H]([C@@](O)(CCCCO)C1CCN(CCCOC)CC1)C3. The van der Waals surface area contributed by atoms with Crippen molar-refractivity contribution in [1.82, 2.24) is 4.90 Å². The number of ketones is 1. The molecule has 0 spiro atoms. The number of fused-ring (bicyclic) bond motifs is 3. The number of nitrogens with zero attached hydrogens (tertiary/aromatic N) is 2. The molecule has 4 heterocycles. The van der Waals surface area contributed by atoms with Crippen LogP contribution < -0.4 is 24.8 Å². The van der Waals surface area contributed by atoms with E-state index in [0.717, 1.165) is 60.6 Å². The van der Waals surface area contributed by atoms with Crippen molar-refractivity contribution in [2.75, 3.05) is 66.3 Å². The monoisotopic (exact) mass is 844 g/mol. The van der Waals surface area contributed by atoms with Gasteiger partial charge in [-0.2, -0.15) is 0 Å². The Bertz CT molecular complexity index is 2160. The van der Waals surface area contributed by atoms with E-state index in [1.165, 1.54) is 0 Å². The standard InChI is InChI=1S/C47H60N2O12/c1-3-58-46(55)45-35(27-52)40(31-9-11-38(54)33(25-31)29-8-10-37-30(24-29)12-16-48-37)41-43(59-23-7-21-51)34-26-39(60-42(34)36(28-53)44(41)61-45)47(56,15-4-5-20-50)32-13-18-49(19-14-32)17-6-22-57-2/h8,10,12,24,27,32-33,39,50-51,53,56H,3-7,9,11,13-23,25-26,28H2,1-2H3/b40-31-/t33-,39+,47-/m1/s1. The van der Waals surface area contributed by atoms with Gasteiger partial charge in [0.15, 0.2) is 6.29 Å². The smallest absolute Gasteiger partial charge is 0.375 e. The number of ether oxygens (including phenoxy) is 5. The van der Waals surface area contributed by atoms with Crippen LogP contribution in [0.4, 0.5) is 0 Å². The minimum absolute atomic E-state index is 0.00705. The van der Waals surface area contributed by atoms with Crippen molar-refractivity contribution in [3.63, 3.8) is 0 Å². The molecule has 2 fully saturated rings. The van der Waals surface area contributed by atoms with E-state index in [2.05, 4.69) is 9.89 Å². The molecular weight excluding hydrogens is 785 g/mol. The second kappa shape index (κ2) is 20.2. The number of hydrogen-bond donors (Lipinski definition) is 4. The minimum atomic E-state index is -1.33. The number of aliphatic hydroxyl groups is 4. The molecule has 330 valence electrons. The number of esters is 1. The molecule has 61 heavy (non-hydrogen) atoms. The molecular formula is C47H60N2O12. The van der Waals surface area contributed by atoms with Crippen LogP contribution in [0, 0.1) is 5.92 Å². The summed E-state index contributed by atoms with van der Waals surface area (Å²) in [6, 6.07) is 5.83. The molecule has 1 aliphatic carbocycles. The summed E-state index contributed by atoms with van der Waals surface area (Å²) in [6.07, 6.45) is 6.80. The van der Waals surface area contributed by atoms with E-state index in [9.17, 15) is 34.8 Å². The Morgan fingerprint density at radius 1 is 1.03 bits per heavy atom. The lowest BCUT2D eigenvalue weighted by molar-refractivity contribution is -0.141. The van der Waals surface area contributed by atoms with Crippen LogP contribution >= 0.6 is 0 Å². The zero-order valence-corrected chi connectivity index (χ0v) is 35.4. The third-order valence-electron chi connectivity index (χ3n) is 13.0. The molecule has 3 atom stereocenters. The summed E-state index contributed by atoms with van der Waals surface area (Å²) >= 11 is 0. The summed E-state index contributed by atoms with van der Waals surface area (Å²) < 4.78 is 30.5. The van der Waals surface area contributed by atoms with Crippen molar-refractivity contribution in [2.24, 2.45) is 10.9 Å². The second-order valence-electron chi connectivity index (χ2n) is 16.6. The number of methoxy groups -OCH3 is 1. The Balaban J connectivity index is 1.36. The zero-order valence-electron chi connectivity index (χ0n) is 35.4. The number of carbonyl (C=O) groups is 3. The lowest BCUT2D eigenvalue weighted by Crippen LogP contribution is -2.54. The van der Waals surface area contributed by atoms with E-state index in [0.29, 0.717) is 67.6 Å². The van der Waals surface area contributed by atoms with Gasteiger partial charge in [0, 0.05) is 69.8 Å². The summed E-state index contributed by atoms with van der Waals surface area (Å²) in [4.78, 5) is 47.7. The Morgan fingerprint density at radius 3 is 2.56 bits per heavy atom. The molecule has 4 N–H and O–H groups in total. The third-order valence-corrected chi connectivity index (χ3v) is 13.0. The molecule has 14 heteroatoms.